The lowest BCUT2D eigenvalue weighted by Gasteiger charge is -1.88. The van der Waals surface area contributed by atoms with Crippen molar-refractivity contribution in [2.24, 2.45) is 5.73 Å². The first kappa shape index (κ1) is 11.3. The molecule has 0 aliphatic rings. The predicted molar refractivity (Wildman–Crippen MR) is 62.8 cm³/mol. The van der Waals surface area contributed by atoms with E-state index in [1.807, 2.05) is 11.4 Å². The summed E-state index contributed by atoms with van der Waals surface area (Å²) >= 11 is 4.87. The molecule has 7 heteroatoms. The van der Waals surface area contributed by atoms with E-state index < -0.39 is 0 Å². The molecule has 2 rings (SSSR count). The van der Waals surface area contributed by atoms with E-state index in [9.17, 15) is 4.79 Å². The Kier molecular flexibility index (Phi) is 3.35. The van der Waals surface area contributed by atoms with Crippen LogP contribution in [0.1, 0.15) is 12.3 Å². The molecule has 0 fully saturated rings. The average molecular weight is 302 g/mol. The second-order valence-electron chi connectivity index (χ2n) is 3.11. The number of primary amides is 1. The second kappa shape index (κ2) is 4.75. The molecule has 5 nitrogen and oxygen atoms in total. The van der Waals surface area contributed by atoms with Gasteiger partial charge in [-0.05, 0) is 22.0 Å². The molecule has 2 aromatic rings. The number of rotatable bonds is 4. The highest BCUT2D eigenvalue weighted by molar-refractivity contribution is 9.10. The quantitative estimate of drug-likeness (QED) is 0.936. The van der Waals surface area contributed by atoms with Crippen molar-refractivity contribution in [3.8, 4) is 10.7 Å². The maximum Gasteiger partial charge on any atom is 0.227 e. The zero-order valence-electron chi connectivity index (χ0n) is 8.14. The number of carbonyl (C=O) groups excluding carboxylic acids is 1. The summed E-state index contributed by atoms with van der Waals surface area (Å²) in [7, 11) is 0. The van der Waals surface area contributed by atoms with Gasteiger partial charge < -0.3 is 10.3 Å². The van der Waals surface area contributed by atoms with Crippen LogP contribution in [0.25, 0.3) is 10.7 Å². The van der Waals surface area contributed by atoms with E-state index in [0.717, 1.165) is 9.35 Å². The Morgan fingerprint density at radius 2 is 2.44 bits per heavy atom. The lowest BCUT2D eigenvalue weighted by molar-refractivity contribution is -0.118. The predicted octanol–water partition coefficient (Wildman–Crippen LogP) is 1.98. The lowest BCUT2D eigenvalue weighted by Crippen LogP contribution is -2.11. The first-order valence-corrected chi connectivity index (χ1v) is 6.17. The van der Waals surface area contributed by atoms with Gasteiger partial charge in [0.05, 0.1) is 4.88 Å². The summed E-state index contributed by atoms with van der Waals surface area (Å²) in [5.74, 6) is 0.590. The number of nitrogens with two attached hydrogens (primary N) is 1. The molecule has 84 valence electrons. The number of carbonyl (C=O) groups is 1. The molecule has 0 aromatic carbocycles. The van der Waals surface area contributed by atoms with E-state index in [2.05, 4.69) is 26.1 Å². The Hall–Kier alpha value is -1.21. The maximum atomic E-state index is 10.6. The molecular formula is C9H8BrN3O2S. The van der Waals surface area contributed by atoms with Gasteiger partial charge in [-0.3, -0.25) is 4.79 Å². The van der Waals surface area contributed by atoms with Gasteiger partial charge in [0.15, 0.2) is 0 Å². The minimum atomic E-state index is -0.376. The summed E-state index contributed by atoms with van der Waals surface area (Å²) in [5.41, 5.74) is 5.03. The Morgan fingerprint density at radius 1 is 1.62 bits per heavy atom. The largest absolute Gasteiger partial charge is 0.370 e. The van der Waals surface area contributed by atoms with Crippen LogP contribution in [0.15, 0.2) is 20.4 Å². The summed E-state index contributed by atoms with van der Waals surface area (Å²) in [6.45, 7) is 0. The fourth-order valence-electron chi connectivity index (χ4n) is 1.12. The van der Waals surface area contributed by atoms with Crippen molar-refractivity contribution in [1.82, 2.24) is 10.1 Å². The Morgan fingerprint density at radius 3 is 3.06 bits per heavy atom. The number of aromatic nitrogens is 2. The number of halogens is 1. The molecule has 0 atom stereocenters. The third kappa shape index (κ3) is 2.67. The van der Waals surface area contributed by atoms with Gasteiger partial charge >= 0.3 is 0 Å². The summed E-state index contributed by atoms with van der Waals surface area (Å²) < 4.78 is 5.98. The fourth-order valence-corrected chi connectivity index (χ4v) is 2.47. The number of aryl methyl sites for hydroxylation is 1. The van der Waals surface area contributed by atoms with Gasteiger partial charge in [-0.15, -0.1) is 11.3 Å². The van der Waals surface area contributed by atoms with Crippen LogP contribution < -0.4 is 5.73 Å². The van der Waals surface area contributed by atoms with E-state index in [1.54, 1.807) is 0 Å². The highest BCUT2D eigenvalue weighted by Gasteiger charge is 2.11. The lowest BCUT2D eigenvalue weighted by atomic mass is 10.3. The number of nitrogens with zero attached hydrogens (tertiary/aromatic N) is 2. The van der Waals surface area contributed by atoms with Crippen molar-refractivity contribution in [3.63, 3.8) is 0 Å². The molecule has 0 aliphatic heterocycles. The molecule has 0 radical (unpaired) electrons. The Labute approximate surface area is 104 Å². The van der Waals surface area contributed by atoms with Crippen LogP contribution in [0.2, 0.25) is 0 Å². The van der Waals surface area contributed by atoms with Crippen LogP contribution in [-0.2, 0) is 11.2 Å². The minimum Gasteiger partial charge on any atom is -0.370 e. The standard InChI is InChI=1S/C9H8BrN3O2S/c10-5-3-6(16-4-5)9-12-8(15-13-9)2-1-7(11)14/h3-4H,1-2H2,(H2,11,14). The van der Waals surface area contributed by atoms with Crippen molar-refractivity contribution in [3.05, 3.63) is 21.8 Å². The number of thiophene rings is 1. The van der Waals surface area contributed by atoms with Gasteiger partial charge in [0.1, 0.15) is 0 Å². The smallest absolute Gasteiger partial charge is 0.227 e. The van der Waals surface area contributed by atoms with Gasteiger partial charge in [0.2, 0.25) is 17.6 Å². The molecule has 0 spiro atoms. The summed E-state index contributed by atoms with van der Waals surface area (Å²) in [6, 6.07) is 1.91. The maximum absolute atomic E-state index is 10.6. The molecule has 0 saturated heterocycles. The molecule has 2 N–H and O–H groups in total. The van der Waals surface area contributed by atoms with Crippen molar-refractivity contribution >= 4 is 33.2 Å². The van der Waals surface area contributed by atoms with Crippen LogP contribution >= 0.6 is 27.3 Å². The monoisotopic (exact) mass is 301 g/mol. The molecule has 2 heterocycles. The SMILES string of the molecule is NC(=O)CCc1nc(-c2cc(Br)cs2)no1. The summed E-state index contributed by atoms with van der Waals surface area (Å²) in [5, 5.41) is 5.77. The third-order valence-corrected chi connectivity index (χ3v) is 3.53. The molecule has 2 aromatic heterocycles. The van der Waals surface area contributed by atoms with Gasteiger partial charge in [-0.1, -0.05) is 5.16 Å². The zero-order valence-corrected chi connectivity index (χ0v) is 10.5. The van der Waals surface area contributed by atoms with Gasteiger partial charge in [-0.25, -0.2) is 0 Å². The number of hydrogen-bond acceptors (Lipinski definition) is 5. The fraction of sp³-hybridized carbons (Fsp3) is 0.222. The molecule has 0 aliphatic carbocycles. The van der Waals surface area contributed by atoms with Crippen LogP contribution in [-0.4, -0.2) is 16.0 Å². The topological polar surface area (TPSA) is 82.0 Å². The van der Waals surface area contributed by atoms with Gasteiger partial charge in [0.25, 0.3) is 0 Å². The van der Waals surface area contributed by atoms with Crippen LogP contribution in [0, 0.1) is 0 Å². The van der Waals surface area contributed by atoms with Crippen molar-refractivity contribution in [2.75, 3.05) is 0 Å². The molecule has 16 heavy (non-hydrogen) atoms. The van der Waals surface area contributed by atoms with Crippen molar-refractivity contribution in [1.29, 1.82) is 0 Å². The van der Waals surface area contributed by atoms with E-state index in [0.29, 0.717) is 18.1 Å². The van der Waals surface area contributed by atoms with Crippen LogP contribution in [0.3, 0.4) is 0 Å². The average Bonchev–Trinajstić information content (AvgIpc) is 2.83. The molecule has 0 bridgehead atoms. The summed E-state index contributed by atoms with van der Waals surface area (Å²) in [4.78, 5) is 15.7. The van der Waals surface area contributed by atoms with Crippen molar-refractivity contribution < 1.29 is 9.32 Å². The molecule has 0 unspecified atom stereocenters. The minimum absolute atomic E-state index is 0.218. The van der Waals surface area contributed by atoms with Gasteiger partial charge in [0, 0.05) is 22.7 Å². The Balaban J connectivity index is 2.10. The Bertz CT molecular complexity index is 508. The van der Waals surface area contributed by atoms with E-state index in [1.165, 1.54) is 11.3 Å². The molecule has 1 amide bonds. The highest BCUT2D eigenvalue weighted by Crippen LogP contribution is 2.27. The molecular weight excluding hydrogens is 294 g/mol. The highest BCUT2D eigenvalue weighted by atomic mass is 79.9. The van der Waals surface area contributed by atoms with Gasteiger partial charge in [-0.2, -0.15) is 4.98 Å². The second-order valence-corrected chi connectivity index (χ2v) is 4.93. The number of hydrogen-bond donors (Lipinski definition) is 1. The first-order valence-electron chi connectivity index (χ1n) is 4.50. The van der Waals surface area contributed by atoms with E-state index in [4.69, 9.17) is 10.3 Å². The zero-order chi connectivity index (χ0) is 11.5. The van der Waals surface area contributed by atoms with E-state index >= 15 is 0 Å². The first-order chi connectivity index (χ1) is 7.65. The molecule has 0 saturated carbocycles. The summed E-state index contributed by atoms with van der Waals surface area (Å²) in [6.07, 6.45) is 0.602. The number of amides is 1. The van der Waals surface area contributed by atoms with Crippen molar-refractivity contribution in [2.45, 2.75) is 12.8 Å². The van der Waals surface area contributed by atoms with Crippen LogP contribution in [0.5, 0.6) is 0 Å². The normalized spacial score (nSPS) is 10.6. The third-order valence-electron chi connectivity index (χ3n) is 1.84. The van der Waals surface area contributed by atoms with E-state index in [-0.39, 0.29) is 12.3 Å². The van der Waals surface area contributed by atoms with Crippen LogP contribution in [0.4, 0.5) is 0 Å².